The topological polar surface area (TPSA) is 58.6 Å². The summed E-state index contributed by atoms with van der Waals surface area (Å²) in [6, 6.07) is 17.1. The molecule has 0 spiro atoms. The number of carbonyl (C=O) groups is 2. The number of thiocarbonyl (C=S) groups is 1. The fourth-order valence-corrected chi connectivity index (χ4v) is 4.20. The lowest BCUT2D eigenvalue weighted by molar-refractivity contribution is -0.122. The Hall–Kier alpha value is -2.90. The van der Waals surface area contributed by atoms with Crippen molar-refractivity contribution in [2.45, 2.75) is 19.8 Å². The summed E-state index contributed by atoms with van der Waals surface area (Å²) in [5, 5.41) is 2.85. The number of thioether (sulfide) groups is 1. The predicted molar refractivity (Wildman–Crippen MR) is 131 cm³/mol. The van der Waals surface area contributed by atoms with Crippen molar-refractivity contribution in [1.82, 2.24) is 4.90 Å². The maximum atomic E-state index is 12.6. The van der Waals surface area contributed by atoms with Gasteiger partial charge in [0.05, 0.1) is 11.5 Å². The van der Waals surface area contributed by atoms with Crippen molar-refractivity contribution in [3.8, 4) is 5.75 Å². The molecule has 1 saturated heterocycles. The molecule has 1 heterocycles. The molecule has 1 fully saturated rings. The Kier molecular flexibility index (Phi) is 8.44. The van der Waals surface area contributed by atoms with E-state index in [2.05, 4.69) is 5.32 Å². The summed E-state index contributed by atoms with van der Waals surface area (Å²) in [6.45, 7) is 2.94. The molecule has 3 rings (SSSR count). The van der Waals surface area contributed by atoms with E-state index in [-0.39, 0.29) is 11.8 Å². The van der Waals surface area contributed by atoms with Gasteiger partial charge in [-0.15, -0.1) is 0 Å². The number of hydrogen-bond acceptors (Lipinski definition) is 5. The van der Waals surface area contributed by atoms with Crippen molar-refractivity contribution < 1.29 is 14.3 Å². The molecule has 2 amide bonds. The van der Waals surface area contributed by atoms with Gasteiger partial charge in [0.2, 0.25) is 5.91 Å². The minimum Gasteiger partial charge on any atom is -0.494 e. The zero-order chi connectivity index (χ0) is 22.1. The SMILES string of the molecule is CCOc1ccc(NC(=O)CCCN2C(=O)/C(=C/C=C/c3ccccc3)SC2=S)cc1. The average Bonchev–Trinajstić information content (AvgIpc) is 3.04. The molecule has 160 valence electrons. The Morgan fingerprint density at radius 3 is 2.61 bits per heavy atom. The van der Waals surface area contributed by atoms with Gasteiger partial charge in [-0.25, -0.2) is 0 Å². The number of nitrogens with one attached hydrogen (secondary N) is 1. The molecular formula is C24H24N2O3S2. The van der Waals surface area contributed by atoms with Gasteiger partial charge in [0.15, 0.2) is 0 Å². The van der Waals surface area contributed by atoms with Crippen molar-refractivity contribution in [3.05, 3.63) is 77.2 Å². The first-order chi connectivity index (χ1) is 15.1. The average molecular weight is 453 g/mol. The van der Waals surface area contributed by atoms with Crippen LogP contribution < -0.4 is 10.1 Å². The zero-order valence-electron chi connectivity index (χ0n) is 17.2. The Labute approximate surface area is 192 Å². The molecular weight excluding hydrogens is 428 g/mol. The third-order valence-electron chi connectivity index (χ3n) is 4.44. The molecule has 5 nitrogen and oxygen atoms in total. The molecule has 2 aromatic rings. The van der Waals surface area contributed by atoms with Gasteiger partial charge >= 0.3 is 0 Å². The molecule has 1 aliphatic rings. The summed E-state index contributed by atoms with van der Waals surface area (Å²) in [6.07, 6.45) is 6.41. The van der Waals surface area contributed by atoms with Crippen LogP contribution in [0.2, 0.25) is 0 Å². The maximum absolute atomic E-state index is 12.6. The van der Waals surface area contributed by atoms with E-state index in [0.717, 1.165) is 11.3 Å². The highest BCUT2D eigenvalue weighted by Crippen LogP contribution is 2.31. The quantitative estimate of drug-likeness (QED) is 0.415. The van der Waals surface area contributed by atoms with Crippen molar-refractivity contribution in [2.75, 3.05) is 18.5 Å². The van der Waals surface area contributed by atoms with E-state index in [9.17, 15) is 9.59 Å². The monoisotopic (exact) mass is 452 g/mol. The smallest absolute Gasteiger partial charge is 0.266 e. The number of allylic oxidation sites excluding steroid dienone is 2. The first-order valence-corrected chi connectivity index (χ1v) is 11.3. The third kappa shape index (κ3) is 6.80. The van der Waals surface area contributed by atoms with E-state index in [0.29, 0.717) is 40.9 Å². The van der Waals surface area contributed by atoms with Gasteiger partial charge in [-0.1, -0.05) is 66.5 Å². The highest BCUT2D eigenvalue weighted by Gasteiger charge is 2.31. The molecule has 0 atom stereocenters. The van der Waals surface area contributed by atoms with E-state index in [1.54, 1.807) is 23.1 Å². The lowest BCUT2D eigenvalue weighted by atomic mass is 10.2. The van der Waals surface area contributed by atoms with Gasteiger partial charge in [-0.05, 0) is 49.2 Å². The zero-order valence-corrected chi connectivity index (χ0v) is 18.9. The van der Waals surface area contributed by atoms with Gasteiger partial charge in [0.25, 0.3) is 5.91 Å². The Bertz CT molecular complexity index is 986. The van der Waals surface area contributed by atoms with Crippen molar-refractivity contribution in [1.29, 1.82) is 0 Å². The molecule has 7 heteroatoms. The molecule has 0 radical (unpaired) electrons. The molecule has 2 aromatic carbocycles. The van der Waals surface area contributed by atoms with E-state index >= 15 is 0 Å². The number of anilines is 1. The Morgan fingerprint density at radius 2 is 1.90 bits per heavy atom. The number of benzene rings is 2. The van der Waals surface area contributed by atoms with Gasteiger partial charge in [-0.2, -0.15) is 0 Å². The molecule has 0 aliphatic carbocycles. The lowest BCUT2D eigenvalue weighted by Gasteiger charge is -2.14. The molecule has 0 bridgehead atoms. The number of rotatable bonds is 9. The van der Waals surface area contributed by atoms with E-state index < -0.39 is 0 Å². The van der Waals surface area contributed by atoms with Gasteiger partial charge in [0, 0.05) is 18.7 Å². The second-order valence-corrected chi connectivity index (χ2v) is 8.41. The molecule has 0 saturated carbocycles. The van der Waals surface area contributed by atoms with Crippen LogP contribution in [0.1, 0.15) is 25.3 Å². The largest absolute Gasteiger partial charge is 0.494 e. The van der Waals surface area contributed by atoms with Crippen LogP contribution in [-0.4, -0.2) is 34.2 Å². The van der Waals surface area contributed by atoms with Crippen LogP contribution in [0.25, 0.3) is 6.08 Å². The summed E-state index contributed by atoms with van der Waals surface area (Å²) in [5.41, 5.74) is 1.78. The first-order valence-electron chi connectivity index (χ1n) is 10.1. The fourth-order valence-electron chi connectivity index (χ4n) is 2.94. The third-order valence-corrected chi connectivity index (χ3v) is 5.84. The molecule has 0 aromatic heterocycles. The van der Waals surface area contributed by atoms with Gasteiger partial charge in [0.1, 0.15) is 10.1 Å². The second kappa shape index (κ2) is 11.5. The van der Waals surface area contributed by atoms with Crippen LogP contribution >= 0.6 is 24.0 Å². The lowest BCUT2D eigenvalue weighted by Crippen LogP contribution is -2.29. The number of carbonyl (C=O) groups excluding carboxylic acids is 2. The summed E-state index contributed by atoms with van der Waals surface area (Å²) >= 11 is 6.64. The van der Waals surface area contributed by atoms with Crippen molar-refractivity contribution in [2.24, 2.45) is 0 Å². The van der Waals surface area contributed by atoms with E-state index in [1.165, 1.54) is 11.8 Å². The van der Waals surface area contributed by atoms with Crippen LogP contribution in [-0.2, 0) is 9.59 Å². The highest BCUT2D eigenvalue weighted by molar-refractivity contribution is 8.26. The summed E-state index contributed by atoms with van der Waals surface area (Å²) in [5.74, 6) is 0.553. The minimum absolute atomic E-state index is 0.101. The molecule has 0 unspecified atom stereocenters. The van der Waals surface area contributed by atoms with Crippen LogP contribution in [0.4, 0.5) is 5.69 Å². The Balaban J connectivity index is 1.46. The Morgan fingerprint density at radius 1 is 1.16 bits per heavy atom. The molecule has 1 aliphatic heterocycles. The van der Waals surface area contributed by atoms with Gasteiger partial charge < -0.3 is 10.1 Å². The first kappa shape index (κ1) is 22.8. The van der Waals surface area contributed by atoms with Crippen molar-refractivity contribution in [3.63, 3.8) is 0 Å². The minimum atomic E-state index is -0.111. The van der Waals surface area contributed by atoms with Crippen molar-refractivity contribution >= 4 is 51.9 Å². The van der Waals surface area contributed by atoms with E-state index in [1.807, 2.05) is 61.5 Å². The number of hydrogen-bond donors (Lipinski definition) is 1. The van der Waals surface area contributed by atoms with E-state index in [4.69, 9.17) is 17.0 Å². The predicted octanol–water partition coefficient (Wildman–Crippen LogP) is 5.26. The summed E-state index contributed by atoms with van der Waals surface area (Å²) in [4.78, 5) is 27.0. The molecule has 1 N–H and O–H groups in total. The molecule has 31 heavy (non-hydrogen) atoms. The van der Waals surface area contributed by atoms with Crippen LogP contribution in [0.15, 0.2) is 71.7 Å². The summed E-state index contributed by atoms with van der Waals surface area (Å²) < 4.78 is 5.91. The van der Waals surface area contributed by atoms with Gasteiger partial charge in [-0.3, -0.25) is 14.5 Å². The number of nitrogens with zero attached hydrogens (tertiary/aromatic N) is 1. The fraction of sp³-hybridized carbons (Fsp3) is 0.208. The highest BCUT2D eigenvalue weighted by atomic mass is 32.2. The van der Waals surface area contributed by atoms with Crippen LogP contribution in [0, 0.1) is 0 Å². The second-order valence-electron chi connectivity index (χ2n) is 6.73. The number of amides is 2. The standard InChI is InChI=1S/C24H24N2O3S2/c1-2-29-20-15-13-19(14-16-20)25-22(27)12-7-17-26-23(28)21(31-24(26)30)11-6-10-18-8-4-3-5-9-18/h3-6,8-11,13-16H,2,7,12,17H2,1H3,(H,25,27)/b10-6+,21-11-. The normalized spacial score (nSPS) is 15.1. The number of ether oxygens (including phenoxy) is 1. The maximum Gasteiger partial charge on any atom is 0.266 e. The van der Waals surface area contributed by atoms with Crippen LogP contribution in [0.5, 0.6) is 5.75 Å². The van der Waals surface area contributed by atoms with Crippen LogP contribution in [0.3, 0.4) is 0 Å². The summed E-state index contributed by atoms with van der Waals surface area (Å²) in [7, 11) is 0.